The van der Waals surface area contributed by atoms with Gasteiger partial charge in [-0.2, -0.15) is 0 Å². The van der Waals surface area contributed by atoms with Gasteiger partial charge in [0.05, 0.1) is 5.60 Å². The summed E-state index contributed by atoms with van der Waals surface area (Å²) in [5, 5.41) is 15.6. The average molecular weight is 306 g/mol. The van der Waals surface area contributed by atoms with Gasteiger partial charge in [-0.1, -0.05) is 6.92 Å². The molecule has 1 atom stereocenters. The van der Waals surface area contributed by atoms with E-state index in [2.05, 4.69) is 39.6 Å². The second kappa shape index (κ2) is 6.74. The molecule has 0 aliphatic heterocycles. The third-order valence-corrected chi connectivity index (χ3v) is 4.14. The molecule has 0 amide bonds. The highest BCUT2D eigenvalue weighted by Crippen LogP contribution is 2.25. The molecule has 0 saturated heterocycles. The Morgan fingerprint density at radius 3 is 2.81 bits per heavy atom. The molecule has 4 heteroatoms. The van der Waals surface area contributed by atoms with Crippen molar-refractivity contribution < 1.29 is 5.11 Å². The van der Waals surface area contributed by atoms with Gasteiger partial charge in [-0.15, -0.1) is 11.3 Å². The fourth-order valence-electron chi connectivity index (χ4n) is 1.57. The van der Waals surface area contributed by atoms with E-state index < -0.39 is 5.60 Å². The van der Waals surface area contributed by atoms with E-state index in [1.54, 1.807) is 11.3 Å². The van der Waals surface area contributed by atoms with Gasteiger partial charge in [0.25, 0.3) is 0 Å². The highest BCUT2D eigenvalue weighted by Gasteiger charge is 2.21. The van der Waals surface area contributed by atoms with E-state index in [4.69, 9.17) is 0 Å². The number of rotatable bonds is 7. The van der Waals surface area contributed by atoms with Crippen LogP contribution < -0.4 is 5.32 Å². The second-order valence-corrected chi connectivity index (χ2v) is 6.32. The van der Waals surface area contributed by atoms with Crippen molar-refractivity contribution in [1.29, 1.82) is 0 Å². The summed E-state index contributed by atoms with van der Waals surface area (Å²) in [6.45, 7) is 5.97. The lowest BCUT2D eigenvalue weighted by Gasteiger charge is -2.22. The zero-order chi connectivity index (χ0) is 12.0. The number of halogens is 1. The number of aliphatic hydroxyl groups is 1. The van der Waals surface area contributed by atoms with Crippen LogP contribution in [-0.4, -0.2) is 23.8 Å². The van der Waals surface area contributed by atoms with Crippen LogP contribution in [-0.2, 0) is 6.42 Å². The summed E-state index contributed by atoms with van der Waals surface area (Å²) in [6, 6.07) is 2.08. The minimum Gasteiger partial charge on any atom is -0.390 e. The van der Waals surface area contributed by atoms with E-state index in [0.29, 0.717) is 0 Å². The summed E-state index contributed by atoms with van der Waals surface area (Å²) >= 11 is 5.12. The molecule has 1 heterocycles. The van der Waals surface area contributed by atoms with Crippen LogP contribution in [0.5, 0.6) is 0 Å². The minimum atomic E-state index is -0.606. The number of hydrogen-bond donors (Lipinski definition) is 2. The predicted octanol–water partition coefficient (Wildman–Crippen LogP) is 3.19. The van der Waals surface area contributed by atoms with Crippen molar-refractivity contribution in [3.8, 4) is 0 Å². The molecule has 1 rings (SSSR count). The molecule has 2 N–H and O–H groups in total. The van der Waals surface area contributed by atoms with Crippen LogP contribution in [0.4, 0.5) is 0 Å². The van der Waals surface area contributed by atoms with Crippen molar-refractivity contribution in [3.05, 3.63) is 20.8 Å². The Kier molecular flexibility index (Phi) is 5.97. The molecular formula is C12H20BrNOS. The smallest absolute Gasteiger partial charge is 0.0679 e. The zero-order valence-corrected chi connectivity index (χ0v) is 12.3. The molecule has 16 heavy (non-hydrogen) atoms. The Balaban J connectivity index is 2.33. The van der Waals surface area contributed by atoms with Crippen LogP contribution in [0, 0.1) is 0 Å². The molecule has 2 nitrogen and oxygen atoms in total. The normalized spacial score (nSPS) is 15.0. The van der Waals surface area contributed by atoms with Gasteiger partial charge in [0.1, 0.15) is 0 Å². The van der Waals surface area contributed by atoms with Crippen LogP contribution in [0.15, 0.2) is 15.9 Å². The molecule has 1 unspecified atom stereocenters. The van der Waals surface area contributed by atoms with E-state index in [1.165, 1.54) is 4.88 Å². The van der Waals surface area contributed by atoms with Crippen LogP contribution in [0.3, 0.4) is 0 Å². The van der Waals surface area contributed by atoms with Gasteiger partial charge >= 0.3 is 0 Å². The van der Waals surface area contributed by atoms with Crippen molar-refractivity contribution in [2.24, 2.45) is 0 Å². The van der Waals surface area contributed by atoms with Crippen molar-refractivity contribution in [2.45, 2.75) is 38.7 Å². The molecule has 1 aromatic rings. The van der Waals surface area contributed by atoms with Crippen LogP contribution in [0.25, 0.3) is 0 Å². The maximum atomic E-state index is 10.2. The first-order chi connectivity index (χ1) is 7.53. The molecule has 0 saturated carbocycles. The third kappa shape index (κ3) is 5.43. The fraction of sp³-hybridized carbons (Fsp3) is 0.667. The molecule has 0 fully saturated rings. The van der Waals surface area contributed by atoms with Crippen molar-refractivity contribution in [1.82, 2.24) is 5.32 Å². The van der Waals surface area contributed by atoms with Gasteiger partial charge in [0.15, 0.2) is 0 Å². The molecule has 0 aliphatic carbocycles. The summed E-state index contributed by atoms with van der Waals surface area (Å²) in [7, 11) is 0. The molecule has 0 bridgehead atoms. The summed E-state index contributed by atoms with van der Waals surface area (Å²) < 4.78 is 1.10. The Bertz CT molecular complexity index is 312. The van der Waals surface area contributed by atoms with E-state index in [9.17, 15) is 5.11 Å². The Labute approximate surface area is 110 Å². The number of hydrogen-bond acceptors (Lipinski definition) is 3. The van der Waals surface area contributed by atoms with Gasteiger partial charge < -0.3 is 10.4 Å². The predicted molar refractivity (Wildman–Crippen MR) is 74.1 cm³/mol. The Hall–Kier alpha value is 0.1000. The third-order valence-electron chi connectivity index (χ3n) is 2.44. The van der Waals surface area contributed by atoms with Gasteiger partial charge in [-0.3, -0.25) is 0 Å². The molecule has 0 aromatic carbocycles. The van der Waals surface area contributed by atoms with E-state index in [0.717, 1.165) is 36.8 Å². The minimum absolute atomic E-state index is 0.606. The SMILES string of the molecule is CCCNCCC(C)(O)Cc1cc(Br)cs1. The average Bonchev–Trinajstić information content (AvgIpc) is 2.58. The highest BCUT2D eigenvalue weighted by atomic mass is 79.9. The first kappa shape index (κ1) is 14.2. The molecule has 0 spiro atoms. The van der Waals surface area contributed by atoms with Crippen LogP contribution in [0.2, 0.25) is 0 Å². The lowest BCUT2D eigenvalue weighted by molar-refractivity contribution is 0.0524. The number of nitrogens with one attached hydrogen (secondary N) is 1. The van der Waals surface area contributed by atoms with Crippen molar-refractivity contribution in [2.75, 3.05) is 13.1 Å². The van der Waals surface area contributed by atoms with E-state index in [-0.39, 0.29) is 0 Å². The second-order valence-electron chi connectivity index (χ2n) is 4.40. The first-order valence-corrected chi connectivity index (χ1v) is 7.37. The van der Waals surface area contributed by atoms with Crippen molar-refractivity contribution >= 4 is 27.3 Å². The van der Waals surface area contributed by atoms with Crippen LogP contribution in [0.1, 0.15) is 31.6 Å². The lowest BCUT2D eigenvalue weighted by atomic mass is 9.97. The molecule has 92 valence electrons. The zero-order valence-electron chi connectivity index (χ0n) is 9.92. The summed E-state index contributed by atoms with van der Waals surface area (Å²) in [5.74, 6) is 0. The first-order valence-electron chi connectivity index (χ1n) is 5.69. The topological polar surface area (TPSA) is 32.3 Å². The maximum Gasteiger partial charge on any atom is 0.0679 e. The lowest BCUT2D eigenvalue weighted by Crippen LogP contribution is -2.32. The molecular weight excluding hydrogens is 286 g/mol. The molecule has 1 aromatic heterocycles. The monoisotopic (exact) mass is 305 g/mol. The van der Waals surface area contributed by atoms with E-state index >= 15 is 0 Å². The fourth-order valence-corrected chi connectivity index (χ4v) is 3.20. The molecule has 0 aliphatic rings. The van der Waals surface area contributed by atoms with Gasteiger partial charge in [0, 0.05) is 21.2 Å². The Morgan fingerprint density at radius 2 is 2.25 bits per heavy atom. The van der Waals surface area contributed by atoms with Crippen LogP contribution >= 0.6 is 27.3 Å². The summed E-state index contributed by atoms with van der Waals surface area (Å²) in [5.41, 5.74) is -0.606. The summed E-state index contributed by atoms with van der Waals surface area (Å²) in [6.07, 6.45) is 2.67. The summed E-state index contributed by atoms with van der Waals surface area (Å²) in [4.78, 5) is 1.23. The highest BCUT2D eigenvalue weighted by molar-refractivity contribution is 9.10. The van der Waals surface area contributed by atoms with Gasteiger partial charge in [-0.25, -0.2) is 0 Å². The largest absolute Gasteiger partial charge is 0.390 e. The van der Waals surface area contributed by atoms with Gasteiger partial charge in [0.2, 0.25) is 0 Å². The van der Waals surface area contributed by atoms with Gasteiger partial charge in [-0.05, 0) is 54.9 Å². The standard InChI is InChI=1S/C12H20BrNOS/c1-3-5-14-6-4-12(2,15)8-11-7-10(13)9-16-11/h7,9,14-15H,3-6,8H2,1-2H3. The van der Waals surface area contributed by atoms with Crippen molar-refractivity contribution in [3.63, 3.8) is 0 Å². The van der Waals surface area contributed by atoms with E-state index in [1.807, 2.05) is 6.92 Å². The molecule has 0 radical (unpaired) electrons. The number of thiophene rings is 1. The maximum absolute atomic E-state index is 10.2. The quantitative estimate of drug-likeness (QED) is 0.758. The Morgan fingerprint density at radius 1 is 1.50 bits per heavy atom.